The Bertz CT molecular complexity index is 265. The Hall–Kier alpha value is -0.830. The highest BCUT2D eigenvalue weighted by atomic mass is 15.2. The molecule has 3 nitrogen and oxygen atoms in total. The summed E-state index contributed by atoms with van der Waals surface area (Å²) >= 11 is 0. The Morgan fingerprint density at radius 3 is 2.64 bits per heavy atom. The third-order valence-electron chi connectivity index (χ3n) is 2.40. The molecule has 0 aliphatic heterocycles. The molecular weight excluding hydrogens is 174 g/mol. The van der Waals surface area contributed by atoms with E-state index >= 15 is 0 Å². The minimum Gasteiger partial charge on any atom is -0.330 e. The second-order valence-electron chi connectivity index (χ2n) is 4.42. The number of aromatic nitrogens is 2. The van der Waals surface area contributed by atoms with Crippen LogP contribution in [0, 0.1) is 11.8 Å². The molecule has 1 unspecified atom stereocenters. The number of nitrogens with two attached hydrogens (primary N) is 1. The van der Waals surface area contributed by atoms with Crippen molar-refractivity contribution in [3.05, 3.63) is 18.0 Å². The molecule has 1 aromatic rings. The summed E-state index contributed by atoms with van der Waals surface area (Å²) in [7, 11) is 1.95. The predicted octanol–water partition coefficient (Wildman–Crippen LogP) is 1.58. The molecule has 0 saturated carbocycles. The normalized spacial score (nSPS) is 13.5. The summed E-state index contributed by atoms with van der Waals surface area (Å²) in [4.78, 5) is 0. The van der Waals surface area contributed by atoms with Crippen molar-refractivity contribution in [2.24, 2.45) is 24.6 Å². The average Bonchev–Trinajstić information content (AvgIpc) is 2.49. The van der Waals surface area contributed by atoms with Gasteiger partial charge in [-0.15, -0.1) is 0 Å². The molecule has 1 aromatic heterocycles. The van der Waals surface area contributed by atoms with Crippen molar-refractivity contribution in [2.75, 3.05) is 6.54 Å². The zero-order chi connectivity index (χ0) is 10.6. The Kier molecular flexibility index (Phi) is 4.14. The van der Waals surface area contributed by atoms with E-state index in [1.807, 2.05) is 17.9 Å². The lowest BCUT2D eigenvalue weighted by molar-refractivity contribution is 0.411. The number of nitrogens with zero attached hydrogens (tertiary/aromatic N) is 2. The zero-order valence-electron chi connectivity index (χ0n) is 9.40. The first kappa shape index (κ1) is 11.2. The summed E-state index contributed by atoms with van der Waals surface area (Å²) < 4.78 is 1.85. The molecule has 1 atom stereocenters. The van der Waals surface area contributed by atoms with E-state index in [1.54, 1.807) is 0 Å². The van der Waals surface area contributed by atoms with Crippen LogP contribution < -0.4 is 5.73 Å². The fourth-order valence-corrected chi connectivity index (χ4v) is 1.80. The van der Waals surface area contributed by atoms with E-state index in [9.17, 15) is 0 Å². The lowest BCUT2D eigenvalue weighted by atomic mass is 9.93. The average molecular weight is 195 g/mol. The van der Waals surface area contributed by atoms with Crippen molar-refractivity contribution in [1.82, 2.24) is 9.78 Å². The number of rotatable bonds is 5. The highest BCUT2D eigenvalue weighted by Crippen LogP contribution is 2.14. The second kappa shape index (κ2) is 5.15. The summed E-state index contributed by atoms with van der Waals surface area (Å²) in [5.74, 6) is 1.29. The minimum absolute atomic E-state index is 0.574. The molecule has 0 fully saturated rings. The van der Waals surface area contributed by atoms with E-state index in [2.05, 4.69) is 25.0 Å². The van der Waals surface area contributed by atoms with Crippen molar-refractivity contribution >= 4 is 0 Å². The van der Waals surface area contributed by atoms with Crippen LogP contribution in [0.5, 0.6) is 0 Å². The van der Waals surface area contributed by atoms with Gasteiger partial charge >= 0.3 is 0 Å². The molecule has 0 aliphatic rings. The minimum atomic E-state index is 0.574. The predicted molar refractivity (Wildman–Crippen MR) is 58.9 cm³/mol. The van der Waals surface area contributed by atoms with Crippen molar-refractivity contribution in [3.63, 3.8) is 0 Å². The fraction of sp³-hybridized carbons (Fsp3) is 0.727. The van der Waals surface area contributed by atoms with E-state index in [1.165, 1.54) is 6.42 Å². The molecule has 14 heavy (non-hydrogen) atoms. The van der Waals surface area contributed by atoms with Gasteiger partial charge in [-0.3, -0.25) is 4.68 Å². The molecule has 0 bridgehead atoms. The maximum atomic E-state index is 5.74. The third-order valence-corrected chi connectivity index (χ3v) is 2.40. The molecule has 3 heteroatoms. The van der Waals surface area contributed by atoms with E-state index < -0.39 is 0 Å². The quantitative estimate of drug-likeness (QED) is 0.775. The monoisotopic (exact) mass is 195 g/mol. The Morgan fingerprint density at radius 2 is 2.21 bits per heavy atom. The fourth-order valence-electron chi connectivity index (χ4n) is 1.80. The Labute approximate surface area is 86.3 Å². The van der Waals surface area contributed by atoms with Gasteiger partial charge in [-0.2, -0.15) is 5.10 Å². The van der Waals surface area contributed by atoms with Gasteiger partial charge in [-0.25, -0.2) is 0 Å². The van der Waals surface area contributed by atoms with Crippen molar-refractivity contribution in [1.29, 1.82) is 0 Å². The van der Waals surface area contributed by atoms with Crippen LogP contribution in [0.3, 0.4) is 0 Å². The van der Waals surface area contributed by atoms with Gasteiger partial charge in [0, 0.05) is 13.2 Å². The van der Waals surface area contributed by atoms with Crippen LogP contribution in [0.2, 0.25) is 0 Å². The molecule has 0 amide bonds. The van der Waals surface area contributed by atoms with E-state index in [-0.39, 0.29) is 0 Å². The third kappa shape index (κ3) is 3.50. The van der Waals surface area contributed by atoms with Crippen LogP contribution in [0.4, 0.5) is 0 Å². The lowest BCUT2D eigenvalue weighted by Crippen LogP contribution is -2.19. The van der Waals surface area contributed by atoms with Crippen LogP contribution >= 0.6 is 0 Å². The molecule has 2 N–H and O–H groups in total. The molecule has 1 heterocycles. The molecule has 80 valence electrons. The molecule has 1 rings (SSSR count). The summed E-state index contributed by atoms with van der Waals surface area (Å²) in [6, 6.07) is 2.07. The van der Waals surface area contributed by atoms with Crippen LogP contribution in [0.25, 0.3) is 0 Å². The Balaban J connectivity index is 2.48. The number of hydrogen-bond donors (Lipinski definition) is 1. The molecule has 0 saturated heterocycles. The van der Waals surface area contributed by atoms with Crippen molar-refractivity contribution in [3.8, 4) is 0 Å². The Morgan fingerprint density at radius 1 is 1.50 bits per heavy atom. The molecule has 0 aromatic carbocycles. The maximum absolute atomic E-state index is 5.74. The van der Waals surface area contributed by atoms with E-state index in [0.717, 1.165) is 18.7 Å². The second-order valence-corrected chi connectivity index (χ2v) is 4.42. The summed E-state index contributed by atoms with van der Waals surface area (Å²) in [5.41, 5.74) is 6.90. The van der Waals surface area contributed by atoms with E-state index in [0.29, 0.717) is 11.8 Å². The van der Waals surface area contributed by atoms with Gasteiger partial charge in [0.2, 0.25) is 0 Å². The van der Waals surface area contributed by atoms with Crippen molar-refractivity contribution < 1.29 is 0 Å². The van der Waals surface area contributed by atoms with Gasteiger partial charge in [-0.05, 0) is 37.3 Å². The number of aryl methyl sites for hydroxylation is 1. The first-order chi connectivity index (χ1) is 6.61. The highest BCUT2D eigenvalue weighted by molar-refractivity contribution is 5.00. The lowest BCUT2D eigenvalue weighted by Gasteiger charge is -2.15. The molecule has 0 spiro atoms. The molecular formula is C11H21N3. The van der Waals surface area contributed by atoms with Crippen LogP contribution in [0.15, 0.2) is 12.3 Å². The topological polar surface area (TPSA) is 43.8 Å². The van der Waals surface area contributed by atoms with E-state index in [4.69, 9.17) is 5.73 Å². The van der Waals surface area contributed by atoms with Gasteiger partial charge in [0.15, 0.2) is 0 Å². The summed E-state index contributed by atoms with van der Waals surface area (Å²) in [6.45, 7) is 5.23. The molecule has 0 aliphatic carbocycles. The van der Waals surface area contributed by atoms with Gasteiger partial charge in [-0.1, -0.05) is 13.8 Å². The maximum Gasteiger partial charge on any atom is 0.0627 e. The zero-order valence-corrected chi connectivity index (χ0v) is 9.40. The van der Waals surface area contributed by atoms with Gasteiger partial charge in [0.05, 0.1) is 5.69 Å². The SMILES string of the molecule is CC(C)CC(CN)Cc1ccn(C)n1. The van der Waals surface area contributed by atoms with Crippen LogP contribution in [-0.2, 0) is 13.5 Å². The largest absolute Gasteiger partial charge is 0.330 e. The van der Waals surface area contributed by atoms with Gasteiger partial charge < -0.3 is 5.73 Å². The van der Waals surface area contributed by atoms with Gasteiger partial charge in [0.25, 0.3) is 0 Å². The summed E-state index contributed by atoms with van der Waals surface area (Å²) in [5, 5.41) is 4.37. The summed E-state index contributed by atoms with van der Waals surface area (Å²) in [6.07, 6.45) is 4.18. The van der Waals surface area contributed by atoms with Crippen molar-refractivity contribution in [2.45, 2.75) is 26.7 Å². The standard InChI is InChI=1S/C11H21N3/c1-9(2)6-10(8-12)7-11-4-5-14(3)13-11/h4-5,9-10H,6-8,12H2,1-3H3. The van der Waals surface area contributed by atoms with Gasteiger partial charge in [0.1, 0.15) is 0 Å². The van der Waals surface area contributed by atoms with Crippen LogP contribution in [0.1, 0.15) is 26.0 Å². The smallest absolute Gasteiger partial charge is 0.0627 e. The first-order valence-corrected chi connectivity index (χ1v) is 5.30. The molecule has 0 radical (unpaired) electrons. The highest BCUT2D eigenvalue weighted by Gasteiger charge is 2.11. The van der Waals surface area contributed by atoms with Crippen LogP contribution in [-0.4, -0.2) is 16.3 Å². The first-order valence-electron chi connectivity index (χ1n) is 5.30. The number of hydrogen-bond acceptors (Lipinski definition) is 2.